The van der Waals surface area contributed by atoms with Gasteiger partial charge in [-0.1, -0.05) is 18.2 Å². The van der Waals surface area contributed by atoms with Crippen LogP contribution in [0.25, 0.3) is 10.1 Å². The monoisotopic (exact) mass is 318 g/mol. The Hall–Kier alpha value is -2.04. The van der Waals surface area contributed by atoms with Crippen molar-refractivity contribution in [3.63, 3.8) is 0 Å². The summed E-state index contributed by atoms with van der Waals surface area (Å²) < 4.78 is 12.0. The molecule has 0 bridgehead atoms. The number of fused-ring (bicyclic) bond motifs is 1. The van der Waals surface area contributed by atoms with Crippen LogP contribution in [0.4, 0.5) is 0 Å². The fourth-order valence-corrected chi connectivity index (χ4v) is 3.16. The zero-order chi connectivity index (χ0) is 14.8. The molecule has 0 unspecified atom stereocenters. The van der Waals surface area contributed by atoms with Crippen LogP contribution < -0.4 is 9.47 Å². The summed E-state index contributed by atoms with van der Waals surface area (Å²) in [7, 11) is 1.60. The van der Waals surface area contributed by atoms with Crippen molar-refractivity contribution >= 4 is 38.3 Å². The third kappa shape index (κ3) is 2.73. The van der Waals surface area contributed by atoms with E-state index in [1.165, 1.54) is 11.3 Å². The van der Waals surface area contributed by atoms with Crippen LogP contribution in [0.1, 0.15) is 9.67 Å². The number of benzene rings is 2. The van der Waals surface area contributed by atoms with Crippen LogP contribution in [0.15, 0.2) is 48.5 Å². The first-order valence-corrected chi connectivity index (χ1v) is 7.42. The quantitative estimate of drug-likeness (QED) is 0.629. The van der Waals surface area contributed by atoms with E-state index in [0.29, 0.717) is 22.1 Å². The van der Waals surface area contributed by atoms with Crippen LogP contribution in [-0.2, 0) is 0 Å². The third-order valence-corrected chi connectivity index (χ3v) is 4.44. The van der Waals surface area contributed by atoms with Crippen LogP contribution in [0, 0.1) is 0 Å². The Morgan fingerprint density at radius 3 is 2.52 bits per heavy atom. The van der Waals surface area contributed by atoms with Gasteiger partial charge in [-0.3, -0.25) is 4.79 Å². The maximum Gasteiger partial charge on any atom is 0.266 e. The summed E-state index contributed by atoms with van der Waals surface area (Å²) in [6.07, 6.45) is 0. The Morgan fingerprint density at radius 2 is 1.86 bits per heavy atom. The smallest absolute Gasteiger partial charge is 0.266 e. The largest absolute Gasteiger partial charge is 0.497 e. The van der Waals surface area contributed by atoms with E-state index in [1.807, 2.05) is 48.5 Å². The van der Waals surface area contributed by atoms with Gasteiger partial charge in [0.15, 0.2) is 5.75 Å². The molecule has 0 amide bonds. The molecule has 0 atom stereocenters. The molecule has 106 valence electrons. The average molecular weight is 319 g/mol. The number of hydrogen-bond donors (Lipinski definition) is 0. The minimum Gasteiger partial charge on any atom is -0.497 e. The van der Waals surface area contributed by atoms with Crippen molar-refractivity contribution in [1.82, 2.24) is 0 Å². The van der Waals surface area contributed by atoms with E-state index in [-0.39, 0.29) is 0 Å². The molecule has 0 saturated heterocycles. The summed E-state index contributed by atoms with van der Waals surface area (Å²) >= 11 is 6.99. The number of halogens is 1. The number of rotatable bonds is 4. The van der Waals surface area contributed by atoms with Crippen LogP contribution in [0.5, 0.6) is 17.2 Å². The van der Waals surface area contributed by atoms with Crippen molar-refractivity contribution in [2.24, 2.45) is 0 Å². The van der Waals surface area contributed by atoms with Crippen molar-refractivity contribution in [3.05, 3.63) is 53.4 Å². The minimum absolute atomic E-state index is 0.392. The molecule has 0 spiro atoms. The predicted molar refractivity (Wildman–Crippen MR) is 85.1 cm³/mol. The van der Waals surface area contributed by atoms with E-state index in [4.69, 9.17) is 21.1 Å². The predicted octanol–water partition coefficient (Wildman–Crippen LogP) is 5.08. The summed E-state index contributed by atoms with van der Waals surface area (Å²) in [5.74, 6) is 1.83. The molecule has 3 nitrogen and oxygen atoms in total. The lowest BCUT2D eigenvalue weighted by molar-refractivity contribution is 0.108. The van der Waals surface area contributed by atoms with Crippen molar-refractivity contribution in [2.75, 3.05) is 7.11 Å². The van der Waals surface area contributed by atoms with E-state index in [2.05, 4.69) is 0 Å². The molecule has 0 radical (unpaired) electrons. The van der Waals surface area contributed by atoms with Gasteiger partial charge in [0, 0.05) is 10.1 Å². The summed E-state index contributed by atoms with van der Waals surface area (Å²) in [6, 6.07) is 14.9. The van der Waals surface area contributed by atoms with Gasteiger partial charge in [0.25, 0.3) is 5.24 Å². The molecule has 0 N–H and O–H groups in total. The zero-order valence-corrected chi connectivity index (χ0v) is 12.7. The van der Waals surface area contributed by atoms with Crippen molar-refractivity contribution in [1.29, 1.82) is 0 Å². The second-order valence-corrected chi connectivity index (χ2v) is 5.71. The normalized spacial score (nSPS) is 10.6. The van der Waals surface area contributed by atoms with Crippen molar-refractivity contribution in [2.45, 2.75) is 0 Å². The molecular formula is C16H11ClO3S. The summed E-state index contributed by atoms with van der Waals surface area (Å²) in [5, 5.41) is 0.285. The lowest BCUT2D eigenvalue weighted by atomic mass is 10.2. The molecule has 0 aliphatic rings. The van der Waals surface area contributed by atoms with E-state index in [0.717, 1.165) is 10.1 Å². The molecule has 2 aromatic carbocycles. The molecule has 0 aliphatic carbocycles. The second-order valence-electron chi connectivity index (χ2n) is 4.31. The third-order valence-electron chi connectivity index (χ3n) is 2.99. The van der Waals surface area contributed by atoms with Crippen LogP contribution in [-0.4, -0.2) is 12.4 Å². The SMILES string of the molecule is COc1ccc2sc(C(=O)Cl)c(Oc3ccccc3)c2c1. The Balaban J connectivity index is 2.17. The second kappa shape index (κ2) is 5.76. The molecule has 0 fully saturated rings. The van der Waals surface area contributed by atoms with Crippen LogP contribution in [0.3, 0.4) is 0 Å². The van der Waals surface area contributed by atoms with Gasteiger partial charge in [-0.05, 0) is 41.9 Å². The molecule has 21 heavy (non-hydrogen) atoms. The van der Waals surface area contributed by atoms with Gasteiger partial charge in [-0.15, -0.1) is 11.3 Å². The summed E-state index contributed by atoms with van der Waals surface area (Å²) in [6.45, 7) is 0. The molecule has 1 aromatic heterocycles. The number of hydrogen-bond acceptors (Lipinski definition) is 4. The Labute approximate surface area is 130 Å². The van der Waals surface area contributed by atoms with E-state index >= 15 is 0 Å². The lowest BCUT2D eigenvalue weighted by Crippen LogP contribution is -1.90. The molecule has 1 heterocycles. The molecule has 3 aromatic rings. The highest BCUT2D eigenvalue weighted by Crippen LogP contribution is 2.42. The van der Waals surface area contributed by atoms with Crippen LogP contribution >= 0.6 is 22.9 Å². The topological polar surface area (TPSA) is 35.5 Å². The number of methoxy groups -OCH3 is 1. The molecule has 0 saturated carbocycles. The first kappa shape index (κ1) is 13.9. The first-order chi connectivity index (χ1) is 10.2. The Bertz CT molecular complexity index is 796. The highest BCUT2D eigenvalue weighted by molar-refractivity contribution is 7.22. The fraction of sp³-hybridized carbons (Fsp3) is 0.0625. The molecule has 5 heteroatoms. The summed E-state index contributed by atoms with van der Waals surface area (Å²) in [5.41, 5.74) is 0. The number of carbonyl (C=O) groups is 1. The van der Waals surface area contributed by atoms with Gasteiger partial charge in [-0.25, -0.2) is 0 Å². The zero-order valence-electron chi connectivity index (χ0n) is 11.1. The highest BCUT2D eigenvalue weighted by atomic mass is 35.5. The maximum atomic E-state index is 11.6. The number of para-hydroxylation sites is 1. The van der Waals surface area contributed by atoms with Gasteiger partial charge in [0.2, 0.25) is 0 Å². The van der Waals surface area contributed by atoms with Gasteiger partial charge in [-0.2, -0.15) is 0 Å². The molecule has 3 rings (SSSR count). The van der Waals surface area contributed by atoms with Gasteiger partial charge in [0.05, 0.1) is 7.11 Å². The highest BCUT2D eigenvalue weighted by Gasteiger charge is 2.19. The molecule has 0 aliphatic heterocycles. The maximum absolute atomic E-state index is 11.6. The first-order valence-electron chi connectivity index (χ1n) is 6.22. The van der Waals surface area contributed by atoms with E-state index in [1.54, 1.807) is 7.11 Å². The number of carbonyl (C=O) groups excluding carboxylic acids is 1. The van der Waals surface area contributed by atoms with Crippen LogP contribution in [0.2, 0.25) is 0 Å². The Morgan fingerprint density at radius 1 is 1.10 bits per heavy atom. The van der Waals surface area contributed by atoms with E-state index < -0.39 is 5.24 Å². The lowest BCUT2D eigenvalue weighted by Gasteiger charge is -2.06. The van der Waals surface area contributed by atoms with Gasteiger partial charge in [0.1, 0.15) is 16.4 Å². The number of thiophene rings is 1. The minimum atomic E-state index is -0.527. The Kier molecular flexibility index (Phi) is 3.82. The summed E-state index contributed by atoms with van der Waals surface area (Å²) in [4.78, 5) is 12.0. The standard InChI is InChI=1S/C16H11ClO3S/c1-19-11-7-8-13-12(9-11)14(15(21-13)16(17)18)20-10-5-3-2-4-6-10/h2-9H,1H3. The van der Waals surface area contributed by atoms with E-state index in [9.17, 15) is 4.79 Å². The van der Waals surface area contributed by atoms with Gasteiger partial charge >= 0.3 is 0 Å². The fourth-order valence-electron chi connectivity index (χ4n) is 2.02. The molecular weight excluding hydrogens is 308 g/mol. The van der Waals surface area contributed by atoms with Crippen molar-refractivity contribution < 1.29 is 14.3 Å². The number of ether oxygens (including phenoxy) is 2. The average Bonchev–Trinajstić information content (AvgIpc) is 2.86. The van der Waals surface area contributed by atoms with Crippen molar-refractivity contribution in [3.8, 4) is 17.2 Å². The van der Waals surface area contributed by atoms with Gasteiger partial charge < -0.3 is 9.47 Å².